The third kappa shape index (κ3) is 3.39. The van der Waals surface area contributed by atoms with Gasteiger partial charge in [-0.2, -0.15) is 0 Å². The highest BCUT2D eigenvalue weighted by atomic mass is 16.3. The lowest BCUT2D eigenvalue weighted by Crippen LogP contribution is -2.18. The van der Waals surface area contributed by atoms with E-state index in [1.165, 1.54) is 16.7 Å². The van der Waals surface area contributed by atoms with Crippen molar-refractivity contribution in [3.63, 3.8) is 0 Å². The highest BCUT2D eigenvalue weighted by Gasteiger charge is 2.27. The second kappa shape index (κ2) is 8.00. The minimum absolute atomic E-state index is 0.178. The summed E-state index contributed by atoms with van der Waals surface area (Å²) in [6.45, 7) is 4.52. The first-order valence-electron chi connectivity index (χ1n) is 11.6. The van der Waals surface area contributed by atoms with Crippen LogP contribution >= 0.6 is 0 Å². The minimum Gasteiger partial charge on any atom is -0.456 e. The molecule has 0 aliphatic rings. The molecule has 2 aromatic heterocycles. The number of fused-ring (bicyclic) bond motifs is 3. The third-order valence-electron chi connectivity index (χ3n) is 6.83. The Morgan fingerprint density at radius 3 is 2.18 bits per heavy atom. The lowest BCUT2D eigenvalue weighted by atomic mass is 9.77. The third-order valence-corrected chi connectivity index (χ3v) is 6.83. The Balaban J connectivity index is 1.49. The van der Waals surface area contributed by atoms with Crippen molar-refractivity contribution >= 4 is 21.9 Å². The average Bonchev–Trinajstić information content (AvgIpc) is 3.28. The van der Waals surface area contributed by atoms with Crippen LogP contribution in [0.25, 0.3) is 44.3 Å². The van der Waals surface area contributed by atoms with Gasteiger partial charge in [0.1, 0.15) is 11.2 Å². The summed E-state index contributed by atoms with van der Waals surface area (Å²) in [4.78, 5) is 4.67. The molecule has 0 aliphatic carbocycles. The summed E-state index contributed by atoms with van der Waals surface area (Å²) in [6.07, 6.45) is 1.88. The van der Waals surface area contributed by atoms with Gasteiger partial charge in [-0.15, -0.1) is 0 Å². The normalized spacial score (nSPS) is 11.8. The maximum absolute atomic E-state index is 6.45. The van der Waals surface area contributed by atoms with Gasteiger partial charge in [-0.05, 0) is 47.0 Å². The summed E-state index contributed by atoms with van der Waals surface area (Å²) in [5.41, 5.74) is 8.53. The molecular weight excluding hydrogens is 414 g/mol. The summed E-state index contributed by atoms with van der Waals surface area (Å²) < 4.78 is 6.45. The van der Waals surface area contributed by atoms with E-state index >= 15 is 0 Å². The van der Waals surface area contributed by atoms with Crippen LogP contribution in [0, 0.1) is 0 Å². The van der Waals surface area contributed by atoms with Crippen LogP contribution in [0.3, 0.4) is 0 Å². The number of rotatable bonds is 4. The number of pyridine rings is 1. The number of aromatic nitrogens is 1. The summed E-state index contributed by atoms with van der Waals surface area (Å²) in [6, 6.07) is 38.1. The fraction of sp³-hybridized carbons (Fsp3) is 0.0938. The van der Waals surface area contributed by atoms with Crippen molar-refractivity contribution in [3.05, 3.63) is 127 Å². The Kier molecular flexibility index (Phi) is 4.81. The summed E-state index contributed by atoms with van der Waals surface area (Å²) in [5.74, 6) is 0. The van der Waals surface area contributed by atoms with Crippen LogP contribution in [-0.4, -0.2) is 4.98 Å². The summed E-state index contributed by atoms with van der Waals surface area (Å²) in [5, 5.41) is 2.25. The Hall–Kier alpha value is -4.17. The van der Waals surface area contributed by atoms with Gasteiger partial charge in [-0.3, -0.25) is 4.98 Å². The molecule has 0 fully saturated rings. The van der Waals surface area contributed by atoms with Gasteiger partial charge >= 0.3 is 0 Å². The van der Waals surface area contributed by atoms with Crippen molar-refractivity contribution in [2.75, 3.05) is 0 Å². The van der Waals surface area contributed by atoms with Crippen molar-refractivity contribution < 1.29 is 4.42 Å². The van der Waals surface area contributed by atoms with Gasteiger partial charge in [-0.25, -0.2) is 0 Å². The molecule has 0 atom stereocenters. The first-order chi connectivity index (χ1) is 16.6. The molecule has 2 nitrogen and oxygen atoms in total. The lowest BCUT2D eigenvalue weighted by Gasteiger charge is -2.26. The standard InChI is InChI=1S/C32H25NO/c1-32(2,25-12-7-4-8-13-25)28-15-9-14-26-27-20-24(16-17-30(27)34-31(26)28)29-21-23(18-19-33-29)22-10-5-3-6-11-22/h3-21H,1-2H3. The number of nitrogens with zero attached hydrogens (tertiary/aromatic N) is 1. The zero-order valence-corrected chi connectivity index (χ0v) is 19.3. The fourth-order valence-electron chi connectivity index (χ4n) is 4.86. The molecule has 2 heterocycles. The van der Waals surface area contributed by atoms with Crippen LogP contribution in [0.15, 0.2) is 120 Å². The van der Waals surface area contributed by atoms with Gasteiger partial charge in [0.25, 0.3) is 0 Å². The largest absolute Gasteiger partial charge is 0.456 e. The number of benzene rings is 4. The Labute approximate surface area is 199 Å². The highest BCUT2D eigenvalue weighted by Crippen LogP contribution is 2.40. The van der Waals surface area contributed by atoms with Gasteiger partial charge < -0.3 is 4.42 Å². The van der Waals surface area contributed by atoms with E-state index in [1.54, 1.807) is 0 Å². The van der Waals surface area contributed by atoms with E-state index in [0.29, 0.717) is 0 Å². The molecule has 0 saturated carbocycles. The van der Waals surface area contributed by atoms with Crippen molar-refractivity contribution in [2.45, 2.75) is 19.3 Å². The molecule has 0 aliphatic heterocycles. The monoisotopic (exact) mass is 439 g/mol. The molecular formula is C32H25NO. The van der Waals surface area contributed by atoms with Gasteiger partial charge in [0.05, 0.1) is 5.69 Å². The average molecular weight is 440 g/mol. The van der Waals surface area contributed by atoms with Gasteiger partial charge in [-0.1, -0.05) is 92.7 Å². The van der Waals surface area contributed by atoms with E-state index < -0.39 is 0 Å². The minimum atomic E-state index is -0.178. The molecule has 34 heavy (non-hydrogen) atoms. The zero-order valence-electron chi connectivity index (χ0n) is 19.3. The molecule has 0 N–H and O–H groups in total. The van der Waals surface area contributed by atoms with E-state index in [-0.39, 0.29) is 5.41 Å². The second-order valence-electron chi connectivity index (χ2n) is 9.28. The SMILES string of the molecule is CC(C)(c1ccccc1)c1cccc2c1oc1ccc(-c3cc(-c4ccccc4)ccn3)cc12. The van der Waals surface area contributed by atoms with Crippen LogP contribution in [-0.2, 0) is 5.41 Å². The topological polar surface area (TPSA) is 26.0 Å². The highest BCUT2D eigenvalue weighted by molar-refractivity contribution is 6.07. The maximum atomic E-state index is 6.45. The van der Waals surface area contributed by atoms with Crippen LogP contribution in [0.1, 0.15) is 25.0 Å². The molecule has 4 aromatic carbocycles. The van der Waals surface area contributed by atoms with Crippen LogP contribution in [0.4, 0.5) is 0 Å². The van der Waals surface area contributed by atoms with E-state index in [9.17, 15) is 0 Å². The molecule has 0 radical (unpaired) electrons. The van der Waals surface area contributed by atoms with E-state index in [2.05, 4.69) is 122 Å². The number of hydrogen-bond acceptors (Lipinski definition) is 2. The quantitative estimate of drug-likeness (QED) is 0.275. The fourth-order valence-corrected chi connectivity index (χ4v) is 4.86. The smallest absolute Gasteiger partial charge is 0.139 e. The molecule has 6 aromatic rings. The van der Waals surface area contributed by atoms with Crippen molar-refractivity contribution in [1.29, 1.82) is 0 Å². The van der Waals surface area contributed by atoms with Crippen molar-refractivity contribution in [3.8, 4) is 22.4 Å². The number of hydrogen-bond donors (Lipinski definition) is 0. The molecule has 0 saturated heterocycles. The van der Waals surface area contributed by atoms with E-state index in [0.717, 1.165) is 38.8 Å². The number of para-hydroxylation sites is 1. The van der Waals surface area contributed by atoms with Crippen LogP contribution < -0.4 is 0 Å². The summed E-state index contributed by atoms with van der Waals surface area (Å²) in [7, 11) is 0. The Morgan fingerprint density at radius 2 is 1.38 bits per heavy atom. The van der Waals surface area contributed by atoms with Crippen molar-refractivity contribution in [1.82, 2.24) is 4.98 Å². The van der Waals surface area contributed by atoms with E-state index in [1.807, 2.05) is 12.3 Å². The van der Waals surface area contributed by atoms with Gasteiger partial charge in [0, 0.05) is 33.5 Å². The molecule has 0 bridgehead atoms. The maximum Gasteiger partial charge on any atom is 0.139 e. The summed E-state index contributed by atoms with van der Waals surface area (Å²) >= 11 is 0. The number of furan rings is 1. The molecule has 0 unspecified atom stereocenters. The first kappa shape index (κ1) is 20.4. The lowest BCUT2D eigenvalue weighted by molar-refractivity contribution is 0.608. The van der Waals surface area contributed by atoms with Crippen LogP contribution in [0.5, 0.6) is 0 Å². The predicted octanol–water partition coefficient (Wildman–Crippen LogP) is 8.64. The predicted molar refractivity (Wildman–Crippen MR) is 141 cm³/mol. The first-order valence-corrected chi connectivity index (χ1v) is 11.6. The molecule has 6 rings (SSSR count). The molecule has 0 amide bonds. The zero-order chi connectivity index (χ0) is 23.1. The van der Waals surface area contributed by atoms with Gasteiger partial charge in [0.15, 0.2) is 0 Å². The second-order valence-corrected chi connectivity index (χ2v) is 9.28. The molecule has 2 heteroatoms. The Bertz CT molecular complexity index is 1610. The molecule has 164 valence electrons. The Morgan fingerprint density at radius 1 is 0.618 bits per heavy atom. The van der Waals surface area contributed by atoms with Crippen LogP contribution in [0.2, 0.25) is 0 Å². The molecule has 0 spiro atoms. The van der Waals surface area contributed by atoms with Gasteiger partial charge in [0.2, 0.25) is 0 Å². The van der Waals surface area contributed by atoms with E-state index in [4.69, 9.17) is 4.42 Å². The van der Waals surface area contributed by atoms with Crippen molar-refractivity contribution in [2.24, 2.45) is 0 Å².